The molecule has 0 saturated carbocycles. The highest BCUT2D eigenvalue weighted by atomic mass is 79.9. The van der Waals surface area contributed by atoms with Crippen molar-refractivity contribution in [1.82, 2.24) is 5.32 Å². The van der Waals surface area contributed by atoms with Gasteiger partial charge in [0.1, 0.15) is 11.5 Å². The Kier molecular flexibility index (Phi) is 4.13. The van der Waals surface area contributed by atoms with Crippen LogP contribution in [-0.4, -0.2) is 6.04 Å². The minimum Gasteiger partial charge on any atom is -0.460 e. The summed E-state index contributed by atoms with van der Waals surface area (Å²) in [4.78, 5) is 0. The lowest BCUT2D eigenvalue weighted by Crippen LogP contribution is -2.21. The molecule has 3 heteroatoms. The smallest absolute Gasteiger partial charge is 0.134 e. The van der Waals surface area contributed by atoms with Crippen molar-refractivity contribution in [3.05, 3.63) is 58.8 Å². The zero-order chi connectivity index (χ0) is 14.8. The van der Waals surface area contributed by atoms with E-state index in [0.29, 0.717) is 6.04 Å². The van der Waals surface area contributed by atoms with Crippen LogP contribution in [0.25, 0.3) is 22.1 Å². The molecule has 1 N–H and O–H groups in total. The first-order valence-electron chi connectivity index (χ1n) is 7.13. The van der Waals surface area contributed by atoms with Crippen LogP contribution in [0.5, 0.6) is 0 Å². The maximum atomic E-state index is 5.92. The van der Waals surface area contributed by atoms with Crippen LogP contribution < -0.4 is 5.32 Å². The fourth-order valence-corrected chi connectivity index (χ4v) is 2.68. The molecule has 0 bridgehead atoms. The Labute approximate surface area is 133 Å². The Bertz CT molecular complexity index is 761. The molecule has 0 atom stereocenters. The molecular formula is C18H18BrNO. The first-order chi connectivity index (χ1) is 10.1. The Balaban J connectivity index is 1.88. The molecule has 2 aromatic carbocycles. The van der Waals surface area contributed by atoms with E-state index in [4.69, 9.17) is 4.42 Å². The summed E-state index contributed by atoms with van der Waals surface area (Å²) in [6.45, 7) is 5.02. The number of fused-ring (bicyclic) bond motifs is 1. The first kappa shape index (κ1) is 14.4. The van der Waals surface area contributed by atoms with E-state index in [0.717, 1.165) is 28.1 Å². The second-order valence-electron chi connectivity index (χ2n) is 5.51. The molecule has 108 valence electrons. The van der Waals surface area contributed by atoms with E-state index in [1.54, 1.807) is 0 Å². The molecule has 0 radical (unpaired) electrons. The monoisotopic (exact) mass is 343 g/mol. The zero-order valence-corrected chi connectivity index (χ0v) is 13.8. The highest BCUT2D eigenvalue weighted by Gasteiger charge is 2.06. The number of benzene rings is 2. The summed E-state index contributed by atoms with van der Waals surface area (Å²) in [5.74, 6) is 1.88. The van der Waals surface area contributed by atoms with Crippen LogP contribution in [0.3, 0.4) is 0 Å². The number of hydrogen-bond acceptors (Lipinski definition) is 2. The van der Waals surface area contributed by atoms with Crippen molar-refractivity contribution < 1.29 is 4.42 Å². The lowest BCUT2D eigenvalue weighted by molar-refractivity contribution is 0.473. The Hall–Kier alpha value is -1.58. The summed E-state index contributed by atoms with van der Waals surface area (Å²) in [6, 6.07) is 17.2. The van der Waals surface area contributed by atoms with Crippen molar-refractivity contribution in [3.8, 4) is 11.3 Å². The highest BCUT2D eigenvalue weighted by molar-refractivity contribution is 9.10. The third-order valence-electron chi connectivity index (χ3n) is 3.43. The van der Waals surface area contributed by atoms with Crippen LogP contribution in [0.4, 0.5) is 0 Å². The summed E-state index contributed by atoms with van der Waals surface area (Å²) in [7, 11) is 0. The molecule has 1 aromatic heterocycles. The topological polar surface area (TPSA) is 25.2 Å². The molecule has 0 aliphatic carbocycles. The molecule has 0 fully saturated rings. The van der Waals surface area contributed by atoms with Gasteiger partial charge in [-0.15, -0.1) is 0 Å². The van der Waals surface area contributed by atoms with Crippen molar-refractivity contribution in [2.75, 3.05) is 0 Å². The minimum absolute atomic E-state index is 0.456. The SMILES string of the molecule is CC(C)NCc1ccc(-c2ccc3cc(Br)ccc3c2)o1. The number of nitrogens with one attached hydrogen (secondary N) is 1. The van der Waals surface area contributed by atoms with Crippen LogP contribution in [0.2, 0.25) is 0 Å². The van der Waals surface area contributed by atoms with E-state index < -0.39 is 0 Å². The summed E-state index contributed by atoms with van der Waals surface area (Å²) in [5, 5.41) is 5.80. The van der Waals surface area contributed by atoms with Crippen LogP contribution in [0.15, 0.2) is 57.4 Å². The highest BCUT2D eigenvalue weighted by Crippen LogP contribution is 2.27. The maximum Gasteiger partial charge on any atom is 0.134 e. The second-order valence-corrected chi connectivity index (χ2v) is 6.42. The van der Waals surface area contributed by atoms with Gasteiger partial charge in [0, 0.05) is 16.1 Å². The third-order valence-corrected chi connectivity index (χ3v) is 3.93. The number of rotatable bonds is 4. The summed E-state index contributed by atoms with van der Waals surface area (Å²) >= 11 is 3.50. The average molecular weight is 344 g/mol. The maximum absolute atomic E-state index is 5.92. The summed E-state index contributed by atoms with van der Waals surface area (Å²) < 4.78 is 7.02. The van der Waals surface area contributed by atoms with E-state index in [9.17, 15) is 0 Å². The predicted octanol–water partition coefficient (Wildman–Crippen LogP) is 5.36. The molecule has 0 saturated heterocycles. The molecule has 3 aromatic rings. The van der Waals surface area contributed by atoms with E-state index in [2.05, 4.69) is 71.5 Å². The van der Waals surface area contributed by atoms with E-state index in [-0.39, 0.29) is 0 Å². The van der Waals surface area contributed by atoms with Crippen LogP contribution in [0, 0.1) is 0 Å². The quantitative estimate of drug-likeness (QED) is 0.689. The summed E-state index contributed by atoms with van der Waals surface area (Å²) in [6.07, 6.45) is 0. The predicted molar refractivity (Wildman–Crippen MR) is 91.3 cm³/mol. The fourth-order valence-electron chi connectivity index (χ4n) is 2.30. The second kappa shape index (κ2) is 6.04. The lowest BCUT2D eigenvalue weighted by Gasteiger charge is -2.05. The Morgan fingerprint density at radius 1 is 1.00 bits per heavy atom. The molecular weight excluding hydrogens is 326 g/mol. The van der Waals surface area contributed by atoms with Crippen molar-refractivity contribution in [1.29, 1.82) is 0 Å². The van der Waals surface area contributed by atoms with Crippen molar-refractivity contribution in [2.24, 2.45) is 0 Å². The molecule has 0 amide bonds. The van der Waals surface area contributed by atoms with Gasteiger partial charge in [0.15, 0.2) is 0 Å². The van der Waals surface area contributed by atoms with E-state index in [1.807, 2.05) is 12.1 Å². The number of furan rings is 1. The van der Waals surface area contributed by atoms with Crippen molar-refractivity contribution in [3.63, 3.8) is 0 Å². The molecule has 0 aliphatic rings. The molecule has 0 unspecified atom stereocenters. The van der Waals surface area contributed by atoms with Gasteiger partial charge < -0.3 is 9.73 Å². The van der Waals surface area contributed by atoms with Crippen molar-refractivity contribution in [2.45, 2.75) is 26.4 Å². The number of hydrogen-bond donors (Lipinski definition) is 1. The van der Waals surface area contributed by atoms with Crippen molar-refractivity contribution >= 4 is 26.7 Å². The third kappa shape index (κ3) is 3.36. The fraction of sp³-hybridized carbons (Fsp3) is 0.222. The van der Waals surface area contributed by atoms with Gasteiger partial charge in [-0.2, -0.15) is 0 Å². The van der Waals surface area contributed by atoms with E-state index >= 15 is 0 Å². The largest absolute Gasteiger partial charge is 0.460 e. The molecule has 2 nitrogen and oxygen atoms in total. The van der Waals surface area contributed by atoms with Gasteiger partial charge in [0.25, 0.3) is 0 Å². The number of halogens is 1. The van der Waals surface area contributed by atoms with Crippen LogP contribution >= 0.6 is 15.9 Å². The Morgan fingerprint density at radius 2 is 1.76 bits per heavy atom. The molecule has 0 aliphatic heterocycles. The van der Waals surface area contributed by atoms with Gasteiger partial charge in [0.2, 0.25) is 0 Å². The van der Waals surface area contributed by atoms with Crippen LogP contribution in [0.1, 0.15) is 19.6 Å². The first-order valence-corrected chi connectivity index (χ1v) is 7.93. The minimum atomic E-state index is 0.456. The normalized spacial score (nSPS) is 11.4. The molecule has 3 rings (SSSR count). The van der Waals surface area contributed by atoms with Gasteiger partial charge in [-0.3, -0.25) is 0 Å². The van der Waals surface area contributed by atoms with Gasteiger partial charge >= 0.3 is 0 Å². The molecule has 0 spiro atoms. The van der Waals surface area contributed by atoms with E-state index in [1.165, 1.54) is 10.8 Å². The molecule has 21 heavy (non-hydrogen) atoms. The standard InChI is InChI=1S/C18H18BrNO/c1-12(2)20-11-17-7-8-18(21-17)15-4-3-14-10-16(19)6-5-13(14)9-15/h3-10,12,20H,11H2,1-2H3. The van der Waals surface area contributed by atoms with Gasteiger partial charge in [-0.25, -0.2) is 0 Å². The van der Waals surface area contributed by atoms with Crippen LogP contribution in [-0.2, 0) is 6.54 Å². The van der Waals surface area contributed by atoms with Gasteiger partial charge in [-0.1, -0.05) is 48.0 Å². The Morgan fingerprint density at radius 3 is 2.57 bits per heavy atom. The van der Waals surface area contributed by atoms with Gasteiger partial charge in [-0.05, 0) is 41.1 Å². The van der Waals surface area contributed by atoms with Gasteiger partial charge in [0.05, 0.1) is 6.54 Å². The average Bonchev–Trinajstić information content (AvgIpc) is 2.93. The summed E-state index contributed by atoms with van der Waals surface area (Å²) in [5.41, 5.74) is 1.11. The lowest BCUT2D eigenvalue weighted by atomic mass is 10.1. The molecule has 1 heterocycles. The zero-order valence-electron chi connectivity index (χ0n) is 12.2.